The van der Waals surface area contributed by atoms with Crippen LogP contribution in [-0.2, 0) is 4.79 Å². The van der Waals surface area contributed by atoms with E-state index in [0.717, 1.165) is 0 Å². The molecule has 0 heterocycles. The lowest BCUT2D eigenvalue weighted by atomic mass is 10.1. The maximum absolute atomic E-state index is 10.6. The summed E-state index contributed by atoms with van der Waals surface area (Å²) in [4.78, 5) is 20.3. The molecule has 0 aromatic carbocycles. The molecule has 1 atom stereocenters. The van der Waals surface area contributed by atoms with Crippen LogP contribution in [0.5, 0.6) is 0 Å². The lowest BCUT2D eigenvalue weighted by Gasteiger charge is -2.16. The van der Waals surface area contributed by atoms with E-state index in [2.05, 4.69) is 5.32 Å². The Labute approximate surface area is 71.3 Å². The Kier molecular flexibility index (Phi) is 4.25. The standard InChI is InChI=1S/C7H14N2O3/c1-5(2)7(4-9(11)12)8-6(3)10/h5,7H,4H2,1-3H3,(H,8,10)/t7-/m1/s1. The fraction of sp³-hybridized carbons (Fsp3) is 0.857. The van der Waals surface area contributed by atoms with Crippen molar-refractivity contribution < 1.29 is 9.72 Å². The Bertz CT molecular complexity index is 163. The van der Waals surface area contributed by atoms with Crippen molar-refractivity contribution in [2.75, 3.05) is 6.54 Å². The topological polar surface area (TPSA) is 72.2 Å². The van der Waals surface area contributed by atoms with Crippen molar-refractivity contribution in [1.29, 1.82) is 0 Å². The van der Waals surface area contributed by atoms with Crippen LogP contribution in [0.1, 0.15) is 20.8 Å². The minimum absolute atomic E-state index is 0.0827. The summed E-state index contributed by atoms with van der Waals surface area (Å²) >= 11 is 0. The van der Waals surface area contributed by atoms with E-state index in [1.807, 2.05) is 13.8 Å². The molecule has 1 N–H and O–H groups in total. The van der Waals surface area contributed by atoms with Crippen molar-refractivity contribution in [3.05, 3.63) is 10.1 Å². The number of amides is 1. The third-order valence-electron chi connectivity index (χ3n) is 1.54. The minimum atomic E-state index is -0.416. The molecule has 0 saturated carbocycles. The molecule has 0 fully saturated rings. The zero-order valence-corrected chi connectivity index (χ0v) is 7.53. The quantitative estimate of drug-likeness (QED) is 0.496. The largest absolute Gasteiger partial charge is 0.347 e. The summed E-state index contributed by atoms with van der Waals surface area (Å²) < 4.78 is 0. The normalized spacial score (nSPS) is 12.7. The zero-order chi connectivity index (χ0) is 9.72. The van der Waals surface area contributed by atoms with Crippen molar-refractivity contribution in [3.63, 3.8) is 0 Å². The van der Waals surface area contributed by atoms with Gasteiger partial charge in [0.15, 0.2) is 0 Å². The molecule has 0 unspecified atom stereocenters. The van der Waals surface area contributed by atoms with Crippen LogP contribution in [0.4, 0.5) is 0 Å². The summed E-state index contributed by atoms with van der Waals surface area (Å²) in [6.07, 6.45) is 0. The van der Waals surface area contributed by atoms with Gasteiger partial charge in [-0.2, -0.15) is 0 Å². The van der Waals surface area contributed by atoms with Gasteiger partial charge >= 0.3 is 0 Å². The molecular formula is C7H14N2O3. The second-order valence-corrected chi connectivity index (χ2v) is 3.07. The second-order valence-electron chi connectivity index (χ2n) is 3.07. The van der Waals surface area contributed by atoms with Gasteiger partial charge < -0.3 is 5.32 Å². The highest BCUT2D eigenvalue weighted by Crippen LogP contribution is 2.01. The highest BCUT2D eigenvalue weighted by Gasteiger charge is 2.19. The van der Waals surface area contributed by atoms with Crippen LogP contribution in [0.2, 0.25) is 0 Å². The van der Waals surface area contributed by atoms with Crippen LogP contribution in [0.3, 0.4) is 0 Å². The van der Waals surface area contributed by atoms with Crippen LogP contribution in [-0.4, -0.2) is 23.4 Å². The predicted molar refractivity (Wildman–Crippen MR) is 44.3 cm³/mol. The average Bonchev–Trinajstić information content (AvgIpc) is 1.83. The van der Waals surface area contributed by atoms with Gasteiger partial charge in [-0.1, -0.05) is 13.8 Å². The molecule has 0 spiro atoms. The molecule has 70 valence electrons. The first-order valence-electron chi connectivity index (χ1n) is 3.82. The van der Waals surface area contributed by atoms with Gasteiger partial charge in [0, 0.05) is 11.8 Å². The van der Waals surface area contributed by atoms with Crippen LogP contribution in [0, 0.1) is 16.0 Å². The van der Waals surface area contributed by atoms with Crippen molar-refractivity contribution in [3.8, 4) is 0 Å². The van der Waals surface area contributed by atoms with Crippen molar-refractivity contribution >= 4 is 5.91 Å². The van der Waals surface area contributed by atoms with Gasteiger partial charge in [0.25, 0.3) is 0 Å². The maximum atomic E-state index is 10.6. The van der Waals surface area contributed by atoms with Gasteiger partial charge in [0.1, 0.15) is 0 Å². The lowest BCUT2D eigenvalue weighted by Crippen LogP contribution is -2.42. The van der Waals surface area contributed by atoms with E-state index >= 15 is 0 Å². The number of carbonyl (C=O) groups excluding carboxylic acids is 1. The Hall–Kier alpha value is -1.13. The van der Waals surface area contributed by atoms with Crippen LogP contribution in [0.15, 0.2) is 0 Å². The smallest absolute Gasteiger partial charge is 0.224 e. The molecule has 0 saturated heterocycles. The molecule has 12 heavy (non-hydrogen) atoms. The van der Waals surface area contributed by atoms with Gasteiger partial charge in [0.05, 0.1) is 6.04 Å². The highest BCUT2D eigenvalue weighted by atomic mass is 16.6. The van der Waals surface area contributed by atoms with Crippen molar-refractivity contribution in [2.24, 2.45) is 5.92 Å². The maximum Gasteiger partial charge on any atom is 0.224 e. The van der Waals surface area contributed by atoms with Gasteiger partial charge in [-0.3, -0.25) is 14.9 Å². The molecule has 5 nitrogen and oxygen atoms in total. The van der Waals surface area contributed by atoms with E-state index in [4.69, 9.17) is 0 Å². The second kappa shape index (κ2) is 4.69. The van der Waals surface area contributed by atoms with E-state index in [1.54, 1.807) is 0 Å². The van der Waals surface area contributed by atoms with E-state index < -0.39 is 4.92 Å². The van der Waals surface area contributed by atoms with E-state index in [9.17, 15) is 14.9 Å². The third-order valence-corrected chi connectivity index (χ3v) is 1.54. The average molecular weight is 174 g/mol. The predicted octanol–water partition coefficient (Wildman–Crippen LogP) is 0.424. The molecule has 5 heteroatoms. The van der Waals surface area contributed by atoms with Crippen LogP contribution < -0.4 is 5.32 Å². The number of nitro groups is 1. The van der Waals surface area contributed by atoms with E-state index in [1.165, 1.54) is 6.92 Å². The zero-order valence-electron chi connectivity index (χ0n) is 7.53. The fourth-order valence-electron chi connectivity index (χ4n) is 0.845. The summed E-state index contributed by atoms with van der Waals surface area (Å²) in [7, 11) is 0. The molecule has 1 amide bonds. The molecule has 0 radical (unpaired) electrons. The summed E-state index contributed by atoms with van der Waals surface area (Å²) in [6, 6.07) is -0.363. The molecule has 0 aromatic rings. The van der Waals surface area contributed by atoms with E-state index in [0.29, 0.717) is 0 Å². The fourth-order valence-corrected chi connectivity index (χ4v) is 0.845. The summed E-state index contributed by atoms with van der Waals surface area (Å²) in [5.74, 6) is -0.144. The Morgan fingerprint density at radius 2 is 2.08 bits per heavy atom. The highest BCUT2D eigenvalue weighted by molar-refractivity contribution is 5.73. The SMILES string of the molecule is CC(=O)N[C@H](C[N+](=O)[O-])C(C)C. The molecular weight excluding hydrogens is 160 g/mol. The first-order valence-corrected chi connectivity index (χ1v) is 3.82. The number of nitrogens with one attached hydrogen (secondary N) is 1. The van der Waals surface area contributed by atoms with Crippen molar-refractivity contribution in [2.45, 2.75) is 26.8 Å². The number of carbonyl (C=O) groups is 1. The number of nitrogens with zero attached hydrogens (tertiary/aromatic N) is 1. The molecule has 0 aliphatic carbocycles. The molecule has 0 aromatic heterocycles. The summed E-state index contributed by atoms with van der Waals surface area (Å²) in [5.41, 5.74) is 0. The molecule has 0 aliphatic heterocycles. The first kappa shape index (κ1) is 10.9. The van der Waals surface area contributed by atoms with Gasteiger partial charge in [0.2, 0.25) is 12.5 Å². The van der Waals surface area contributed by atoms with Crippen molar-refractivity contribution in [1.82, 2.24) is 5.32 Å². The molecule has 0 rings (SSSR count). The van der Waals surface area contributed by atoms with Gasteiger partial charge in [-0.15, -0.1) is 0 Å². The number of hydrogen-bond acceptors (Lipinski definition) is 3. The lowest BCUT2D eigenvalue weighted by molar-refractivity contribution is -0.484. The molecule has 0 aliphatic rings. The van der Waals surface area contributed by atoms with Gasteiger partial charge in [-0.25, -0.2) is 0 Å². The third kappa shape index (κ3) is 4.65. The van der Waals surface area contributed by atoms with Crippen LogP contribution >= 0.6 is 0 Å². The van der Waals surface area contributed by atoms with Crippen LogP contribution in [0.25, 0.3) is 0 Å². The number of rotatable bonds is 4. The van der Waals surface area contributed by atoms with E-state index in [-0.39, 0.29) is 24.4 Å². The summed E-state index contributed by atoms with van der Waals surface area (Å²) in [5, 5.41) is 12.7. The Balaban J connectivity index is 4.04. The van der Waals surface area contributed by atoms with Gasteiger partial charge in [-0.05, 0) is 5.92 Å². The molecule has 0 bridgehead atoms. The summed E-state index contributed by atoms with van der Waals surface area (Å²) in [6.45, 7) is 4.82. The number of hydrogen-bond donors (Lipinski definition) is 1. The first-order chi connectivity index (χ1) is 5.43. The monoisotopic (exact) mass is 174 g/mol. The minimum Gasteiger partial charge on any atom is -0.347 e. The Morgan fingerprint density at radius 1 is 1.58 bits per heavy atom. The Morgan fingerprint density at radius 3 is 2.33 bits per heavy atom.